The summed E-state index contributed by atoms with van der Waals surface area (Å²) in [4.78, 5) is 14.3. The molecule has 0 fully saturated rings. The Labute approximate surface area is 119 Å². The van der Waals surface area contributed by atoms with E-state index in [9.17, 15) is 4.79 Å². The molecule has 1 aromatic carbocycles. The van der Waals surface area contributed by atoms with Crippen LogP contribution in [0.2, 0.25) is 0 Å². The third kappa shape index (κ3) is 2.39. The molecule has 0 N–H and O–H groups in total. The number of benzene rings is 1. The van der Waals surface area contributed by atoms with E-state index >= 15 is 0 Å². The van der Waals surface area contributed by atoms with Gasteiger partial charge in [-0.25, -0.2) is 0 Å². The molecular weight excluding hydrogens is 248 g/mol. The van der Waals surface area contributed by atoms with E-state index in [0.717, 1.165) is 18.7 Å². The van der Waals surface area contributed by atoms with Crippen molar-refractivity contribution in [3.63, 3.8) is 0 Å². The van der Waals surface area contributed by atoms with Gasteiger partial charge in [0.15, 0.2) is 0 Å². The van der Waals surface area contributed by atoms with Crippen LogP contribution < -0.4 is 0 Å². The lowest BCUT2D eigenvalue weighted by Crippen LogP contribution is -2.39. The predicted molar refractivity (Wildman–Crippen MR) is 80.0 cm³/mol. The highest BCUT2D eigenvalue weighted by Crippen LogP contribution is 2.25. The van der Waals surface area contributed by atoms with Gasteiger partial charge in [-0.05, 0) is 30.7 Å². The molecule has 102 valence electrons. The van der Waals surface area contributed by atoms with Crippen LogP contribution in [0.3, 0.4) is 0 Å². The van der Waals surface area contributed by atoms with Gasteiger partial charge < -0.3 is 9.47 Å². The molecule has 0 saturated heterocycles. The molecule has 0 aliphatic carbocycles. The molecule has 2 heterocycles. The summed E-state index contributed by atoms with van der Waals surface area (Å²) in [5.74, 6) is 0.0776. The van der Waals surface area contributed by atoms with Gasteiger partial charge in [0.1, 0.15) is 0 Å². The topological polar surface area (TPSA) is 25.2 Å². The molecular formula is C17H18N2O. The molecule has 0 saturated carbocycles. The first-order valence-electron chi connectivity index (χ1n) is 6.94. The fourth-order valence-electron chi connectivity index (χ4n) is 2.71. The lowest BCUT2D eigenvalue weighted by molar-refractivity contribution is -0.129. The smallest absolute Gasteiger partial charge is 0.247 e. The maximum Gasteiger partial charge on any atom is 0.247 e. The molecule has 0 bridgehead atoms. The van der Waals surface area contributed by atoms with E-state index in [4.69, 9.17) is 0 Å². The number of carbonyl (C=O) groups is 1. The molecule has 1 aliphatic heterocycles. The fourth-order valence-corrected chi connectivity index (χ4v) is 2.71. The number of nitrogens with zero attached hydrogens (tertiary/aromatic N) is 2. The van der Waals surface area contributed by atoms with Gasteiger partial charge in [0.05, 0.1) is 6.04 Å². The number of amides is 1. The van der Waals surface area contributed by atoms with E-state index in [-0.39, 0.29) is 11.9 Å². The average Bonchev–Trinajstić information content (AvgIpc) is 2.96. The van der Waals surface area contributed by atoms with Crippen LogP contribution in [0.15, 0.2) is 54.7 Å². The maximum atomic E-state index is 12.3. The van der Waals surface area contributed by atoms with Crippen LogP contribution in [0, 0.1) is 0 Å². The quantitative estimate of drug-likeness (QED) is 0.767. The molecule has 0 spiro atoms. The molecule has 0 radical (unpaired) electrons. The van der Waals surface area contributed by atoms with Crippen LogP contribution >= 0.6 is 0 Å². The number of carbonyl (C=O) groups excluding carboxylic acids is 1. The Kier molecular flexibility index (Phi) is 3.42. The van der Waals surface area contributed by atoms with Crippen LogP contribution in [-0.4, -0.2) is 21.9 Å². The molecule has 3 heteroatoms. The fraction of sp³-hybridized carbons (Fsp3) is 0.235. The summed E-state index contributed by atoms with van der Waals surface area (Å²) in [5, 5.41) is 0. The minimum absolute atomic E-state index is 0.0776. The largest absolute Gasteiger partial charge is 0.348 e. The van der Waals surface area contributed by atoms with E-state index in [1.165, 1.54) is 5.69 Å². The van der Waals surface area contributed by atoms with E-state index in [1.54, 1.807) is 6.08 Å². The molecule has 2 aromatic rings. The van der Waals surface area contributed by atoms with E-state index in [0.29, 0.717) is 0 Å². The van der Waals surface area contributed by atoms with E-state index in [2.05, 4.69) is 23.8 Å². The van der Waals surface area contributed by atoms with Gasteiger partial charge in [-0.1, -0.05) is 30.3 Å². The highest BCUT2D eigenvalue weighted by molar-refractivity contribution is 5.92. The van der Waals surface area contributed by atoms with Crippen LogP contribution in [0.5, 0.6) is 0 Å². The summed E-state index contributed by atoms with van der Waals surface area (Å²) in [6.45, 7) is 3.72. The summed E-state index contributed by atoms with van der Waals surface area (Å²) in [6, 6.07) is 14.2. The lowest BCUT2D eigenvalue weighted by Gasteiger charge is -2.34. The van der Waals surface area contributed by atoms with Crippen molar-refractivity contribution in [2.24, 2.45) is 0 Å². The van der Waals surface area contributed by atoms with Crippen molar-refractivity contribution < 1.29 is 4.79 Å². The summed E-state index contributed by atoms with van der Waals surface area (Å²) >= 11 is 0. The SMILES string of the molecule is C[C@H]1c2cccn2CCN1C(=O)/C=C\c1ccccc1. The van der Waals surface area contributed by atoms with Crippen molar-refractivity contribution in [3.8, 4) is 0 Å². The number of hydrogen-bond donors (Lipinski definition) is 0. The van der Waals surface area contributed by atoms with Gasteiger partial charge in [0.2, 0.25) is 5.91 Å². The molecule has 0 unspecified atom stereocenters. The number of aromatic nitrogens is 1. The van der Waals surface area contributed by atoms with Crippen molar-refractivity contribution in [1.29, 1.82) is 0 Å². The summed E-state index contributed by atoms with van der Waals surface area (Å²) in [6.07, 6.45) is 5.63. The minimum Gasteiger partial charge on any atom is -0.348 e. The van der Waals surface area contributed by atoms with Crippen LogP contribution in [0.25, 0.3) is 6.08 Å². The van der Waals surface area contributed by atoms with Crippen molar-refractivity contribution in [2.75, 3.05) is 6.54 Å². The second-order valence-electron chi connectivity index (χ2n) is 5.08. The van der Waals surface area contributed by atoms with Crippen LogP contribution in [-0.2, 0) is 11.3 Å². The van der Waals surface area contributed by atoms with Crippen LogP contribution in [0.4, 0.5) is 0 Å². The minimum atomic E-state index is 0.0776. The number of hydrogen-bond acceptors (Lipinski definition) is 1. The summed E-state index contributed by atoms with van der Waals surface area (Å²) in [5.41, 5.74) is 2.26. The van der Waals surface area contributed by atoms with Crippen molar-refractivity contribution in [3.05, 3.63) is 66.0 Å². The zero-order valence-corrected chi connectivity index (χ0v) is 11.6. The normalized spacial score (nSPS) is 18.2. The molecule has 1 atom stereocenters. The first-order chi connectivity index (χ1) is 9.75. The van der Waals surface area contributed by atoms with Crippen molar-refractivity contribution >= 4 is 12.0 Å². The Morgan fingerprint density at radius 1 is 1.15 bits per heavy atom. The molecule has 20 heavy (non-hydrogen) atoms. The summed E-state index contributed by atoms with van der Waals surface area (Å²) in [7, 11) is 0. The highest BCUT2D eigenvalue weighted by atomic mass is 16.2. The molecule has 3 nitrogen and oxygen atoms in total. The maximum absolute atomic E-state index is 12.3. The number of rotatable bonds is 2. The third-order valence-electron chi connectivity index (χ3n) is 3.84. The Bertz CT molecular complexity index is 627. The first-order valence-corrected chi connectivity index (χ1v) is 6.94. The van der Waals surface area contributed by atoms with Gasteiger partial charge in [-0.3, -0.25) is 4.79 Å². The predicted octanol–water partition coefficient (Wildman–Crippen LogP) is 3.10. The van der Waals surface area contributed by atoms with Crippen LogP contribution in [0.1, 0.15) is 24.2 Å². The Balaban J connectivity index is 1.74. The van der Waals surface area contributed by atoms with Gasteiger partial charge >= 0.3 is 0 Å². The molecule has 3 rings (SSSR count). The Morgan fingerprint density at radius 3 is 2.75 bits per heavy atom. The second-order valence-corrected chi connectivity index (χ2v) is 5.08. The van der Waals surface area contributed by atoms with Gasteiger partial charge in [0, 0.05) is 31.1 Å². The Morgan fingerprint density at radius 2 is 1.95 bits per heavy atom. The van der Waals surface area contributed by atoms with E-state index < -0.39 is 0 Å². The molecule has 1 amide bonds. The van der Waals surface area contributed by atoms with Crippen molar-refractivity contribution in [2.45, 2.75) is 19.5 Å². The zero-order valence-electron chi connectivity index (χ0n) is 11.6. The van der Waals surface area contributed by atoms with Gasteiger partial charge in [-0.2, -0.15) is 0 Å². The number of fused-ring (bicyclic) bond motifs is 1. The highest BCUT2D eigenvalue weighted by Gasteiger charge is 2.25. The van der Waals surface area contributed by atoms with Gasteiger partial charge in [0.25, 0.3) is 0 Å². The van der Waals surface area contributed by atoms with Crippen molar-refractivity contribution in [1.82, 2.24) is 9.47 Å². The van der Waals surface area contributed by atoms with E-state index in [1.807, 2.05) is 47.4 Å². The third-order valence-corrected chi connectivity index (χ3v) is 3.84. The second kappa shape index (κ2) is 5.37. The van der Waals surface area contributed by atoms with Gasteiger partial charge in [-0.15, -0.1) is 0 Å². The molecule has 1 aliphatic rings. The Hall–Kier alpha value is -2.29. The lowest BCUT2D eigenvalue weighted by atomic mass is 10.1. The zero-order chi connectivity index (χ0) is 13.9. The standard InChI is InChI=1S/C17H18N2O/c1-14-16-8-5-11-18(16)12-13-19(14)17(20)10-9-15-6-3-2-4-7-15/h2-11,14H,12-13H2,1H3/b10-9-/t14-/m0/s1. The monoisotopic (exact) mass is 266 g/mol. The first kappa shape index (κ1) is 12.7. The molecule has 1 aromatic heterocycles. The average molecular weight is 266 g/mol. The summed E-state index contributed by atoms with van der Waals surface area (Å²) < 4.78 is 2.22.